The maximum absolute atomic E-state index is 12.0. The molecule has 2 N–H and O–H groups in total. The topological polar surface area (TPSA) is 69.6 Å². The van der Waals surface area contributed by atoms with Gasteiger partial charge in [-0.2, -0.15) is 0 Å². The largest absolute Gasteiger partial charge is 0.395 e. The fraction of sp³-hybridized carbons (Fsp3) is 0.429. The van der Waals surface area contributed by atoms with E-state index < -0.39 is 0 Å². The number of nitrogens with one attached hydrogen (secondary N) is 1. The number of nitrogens with zero attached hydrogens (tertiary/aromatic N) is 1. The van der Waals surface area contributed by atoms with Crippen molar-refractivity contribution in [2.24, 2.45) is 0 Å². The average Bonchev–Trinajstić information content (AvgIpc) is 2.45. The molecule has 0 unspecified atom stereocenters. The van der Waals surface area contributed by atoms with E-state index in [4.69, 9.17) is 5.11 Å². The first kappa shape index (κ1) is 15.2. The van der Waals surface area contributed by atoms with Crippen LogP contribution in [0.15, 0.2) is 30.3 Å². The van der Waals surface area contributed by atoms with Gasteiger partial charge < -0.3 is 15.3 Å². The molecule has 0 spiro atoms. The molecule has 0 atom stereocenters. The van der Waals surface area contributed by atoms with E-state index in [1.807, 2.05) is 30.3 Å². The number of rotatable bonds is 7. The van der Waals surface area contributed by atoms with Crippen molar-refractivity contribution in [1.82, 2.24) is 10.2 Å². The van der Waals surface area contributed by atoms with Crippen LogP contribution < -0.4 is 5.32 Å². The summed E-state index contributed by atoms with van der Waals surface area (Å²) >= 11 is 0. The minimum absolute atomic E-state index is 0.0283. The third-order valence-corrected chi connectivity index (χ3v) is 2.70. The van der Waals surface area contributed by atoms with Crippen LogP contribution in [0, 0.1) is 0 Å². The van der Waals surface area contributed by atoms with Gasteiger partial charge in [0.2, 0.25) is 11.8 Å². The number of benzene rings is 1. The SMILES string of the molecule is CCC(=O)NCC(=O)N(CCO)Cc1ccccc1. The Balaban J connectivity index is 2.56. The first-order valence-corrected chi connectivity index (χ1v) is 6.36. The van der Waals surface area contributed by atoms with Gasteiger partial charge in [0.1, 0.15) is 0 Å². The minimum atomic E-state index is -0.195. The van der Waals surface area contributed by atoms with Crippen molar-refractivity contribution in [3.63, 3.8) is 0 Å². The van der Waals surface area contributed by atoms with Gasteiger partial charge in [0.25, 0.3) is 0 Å². The van der Waals surface area contributed by atoms with Gasteiger partial charge in [0.05, 0.1) is 13.2 Å². The number of hydrogen-bond acceptors (Lipinski definition) is 3. The maximum Gasteiger partial charge on any atom is 0.242 e. The second-order valence-electron chi connectivity index (χ2n) is 4.15. The van der Waals surface area contributed by atoms with Crippen LogP contribution in [0.3, 0.4) is 0 Å². The Labute approximate surface area is 113 Å². The molecular formula is C14H20N2O3. The molecule has 0 aromatic heterocycles. The normalized spacial score (nSPS) is 10.0. The molecule has 0 bridgehead atoms. The maximum atomic E-state index is 12.0. The lowest BCUT2D eigenvalue weighted by Gasteiger charge is -2.22. The van der Waals surface area contributed by atoms with Crippen LogP contribution in [0.2, 0.25) is 0 Å². The molecule has 0 saturated carbocycles. The van der Waals surface area contributed by atoms with E-state index in [-0.39, 0.29) is 31.5 Å². The molecule has 0 saturated heterocycles. The molecule has 5 nitrogen and oxygen atoms in total. The molecule has 0 aliphatic carbocycles. The Kier molecular flexibility index (Phi) is 6.60. The Bertz CT molecular complexity index is 406. The molecule has 2 amide bonds. The Morgan fingerprint density at radius 3 is 2.53 bits per heavy atom. The summed E-state index contributed by atoms with van der Waals surface area (Å²) in [6.07, 6.45) is 0.353. The zero-order chi connectivity index (χ0) is 14.1. The lowest BCUT2D eigenvalue weighted by atomic mass is 10.2. The molecule has 0 radical (unpaired) electrons. The van der Waals surface area contributed by atoms with Crippen molar-refractivity contribution in [1.29, 1.82) is 0 Å². The summed E-state index contributed by atoms with van der Waals surface area (Å²) in [4.78, 5) is 24.6. The van der Waals surface area contributed by atoms with E-state index >= 15 is 0 Å². The van der Waals surface area contributed by atoms with E-state index in [1.165, 1.54) is 4.90 Å². The zero-order valence-electron chi connectivity index (χ0n) is 11.1. The molecule has 0 heterocycles. The number of hydrogen-bond donors (Lipinski definition) is 2. The second kappa shape index (κ2) is 8.26. The summed E-state index contributed by atoms with van der Waals surface area (Å²) in [5.41, 5.74) is 0.992. The van der Waals surface area contributed by atoms with E-state index in [9.17, 15) is 9.59 Å². The fourth-order valence-corrected chi connectivity index (χ4v) is 1.63. The smallest absolute Gasteiger partial charge is 0.242 e. The molecule has 19 heavy (non-hydrogen) atoms. The molecule has 0 aliphatic rings. The van der Waals surface area contributed by atoms with E-state index in [1.54, 1.807) is 6.92 Å². The number of carbonyl (C=O) groups is 2. The highest BCUT2D eigenvalue weighted by molar-refractivity contribution is 5.84. The Morgan fingerprint density at radius 1 is 1.26 bits per heavy atom. The van der Waals surface area contributed by atoms with Crippen LogP contribution in [0.1, 0.15) is 18.9 Å². The van der Waals surface area contributed by atoms with Gasteiger partial charge in [0, 0.05) is 19.5 Å². The fourth-order valence-electron chi connectivity index (χ4n) is 1.63. The zero-order valence-corrected chi connectivity index (χ0v) is 11.1. The second-order valence-corrected chi connectivity index (χ2v) is 4.15. The first-order valence-electron chi connectivity index (χ1n) is 6.36. The van der Waals surface area contributed by atoms with Crippen molar-refractivity contribution < 1.29 is 14.7 Å². The van der Waals surface area contributed by atoms with Gasteiger partial charge in [-0.15, -0.1) is 0 Å². The van der Waals surface area contributed by atoms with Crippen LogP contribution in [0.25, 0.3) is 0 Å². The van der Waals surface area contributed by atoms with E-state index in [0.717, 1.165) is 5.56 Å². The van der Waals surface area contributed by atoms with Crippen molar-refractivity contribution in [3.8, 4) is 0 Å². The number of aliphatic hydroxyl groups excluding tert-OH is 1. The lowest BCUT2D eigenvalue weighted by molar-refractivity contribution is -0.133. The Hall–Kier alpha value is -1.88. The van der Waals surface area contributed by atoms with Crippen molar-refractivity contribution in [2.75, 3.05) is 19.7 Å². The monoisotopic (exact) mass is 264 g/mol. The van der Waals surface area contributed by atoms with Crippen molar-refractivity contribution in [3.05, 3.63) is 35.9 Å². The summed E-state index contributed by atoms with van der Waals surface area (Å²) in [6.45, 7) is 2.30. The van der Waals surface area contributed by atoms with Crippen molar-refractivity contribution >= 4 is 11.8 Å². The third-order valence-electron chi connectivity index (χ3n) is 2.70. The van der Waals surface area contributed by atoms with Crippen LogP contribution in [0.5, 0.6) is 0 Å². The average molecular weight is 264 g/mol. The lowest BCUT2D eigenvalue weighted by Crippen LogP contribution is -2.40. The highest BCUT2D eigenvalue weighted by Gasteiger charge is 2.13. The molecule has 1 aromatic carbocycles. The predicted octanol–water partition coefficient (Wildman–Crippen LogP) is 0.534. The third kappa shape index (κ3) is 5.52. The highest BCUT2D eigenvalue weighted by atomic mass is 16.3. The Morgan fingerprint density at radius 2 is 1.95 bits per heavy atom. The summed E-state index contributed by atoms with van der Waals surface area (Å²) < 4.78 is 0. The van der Waals surface area contributed by atoms with Crippen LogP contribution in [-0.4, -0.2) is 41.5 Å². The van der Waals surface area contributed by atoms with Gasteiger partial charge in [-0.1, -0.05) is 37.3 Å². The minimum Gasteiger partial charge on any atom is -0.395 e. The predicted molar refractivity (Wildman–Crippen MR) is 72.2 cm³/mol. The van der Waals surface area contributed by atoms with Gasteiger partial charge in [-0.05, 0) is 5.56 Å². The van der Waals surface area contributed by atoms with Crippen LogP contribution in [0.4, 0.5) is 0 Å². The molecule has 5 heteroatoms. The quantitative estimate of drug-likeness (QED) is 0.755. The molecule has 104 valence electrons. The molecular weight excluding hydrogens is 244 g/mol. The summed E-state index contributed by atoms with van der Waals surface area (Å²) in [6, 6.07) is 9.54. The molecule has 0 aliphatic heterocycles. The van der Waals surface area contributed by atoms with E-state index in [2.05, 4.69) is 5.32 Å². The first-order chi connectivity index (χ1) is 9.17. The number of aliphatic hydroxyl groups is 1. The van der Waals surface area contributed by atoms with Gasteiger partial charge in [0.15, 0.2) is 0 Å². The van der Waals surface area contributed by atoms with Crippen LogP contribution >= 0.6 is 0 Å². The standard InChI is InChI=1S/C14H20N2O3/c1-2-13(18)15-10-14(19)16(8-9-17)11-12-6-4-3-5-7-12/h3-7,17H,2,8-11H2,1H3,(H,15,18). The number of carbonyl (C=O) groups excluding carboxylic acids is 2. The van der Waals surface area contributed by atoms with Crippen molar-refractivity contribution in [2.45, 2.75) is 19.9 Å². The van der Waals surface area contributed by atoms with Gasteiger partial charge in [-0.25, -0.2) is 0 Å². The molecule has 0 fully saturated rings. The summed E-state index contributed by atoms with van der Waals surface area (Å²) in [7, 11) is 0. The van der Waals surface area contributed by atoms with Gasteiger partial charge >= 0.3 is 0 Å². The molecule has 1 rings (SSSR count). The summed E-state index contributed by atoms with van der Waals surface area (Å²) in [5, 5.41) is 11.6. The highest BCUT2D eigenvalue weighted by Crippen LogP contribution is 2.04. The molecule has 1 aromatic rings. The van der Waals surface area contributed by atoms with Crippen LogP contribution in [-0.2, 0) is 16.1 Å². The summed E-state index contributed by atoms with van der Waals surface area (Å²) in [5.74, 6) is -0.350. The van der Waals surface area contributed by atoms with Gasteiger partial charge in [-0.3, -0.25) is 9.59 Å². The van der Waals surface area contributed by atoms with E-state index in [0.29, 0.717) is 13.0 Å². The number of amides is 2.